The number of halogens is 2. The standard InChI is InChI=1S/C11H15Cl2NO2S2/c12-7-6-9-3-1-2-8-14(9)18(15,16)11-5-4-10(13)17-11/h4-5,9H,1-3,6-8H2. The van der Waals surface area contributed by atoms with Gasteiger partial charge in [0, 0.05) is 18.5 Å². The van der Waals surface area contributed by atoms with Crippen molar-refractivity contribution in [3.05, 3.63) is 16.5 Å². The molecule has 1 aliphatic heterocycles. The van der Waals surface area contributed by atoms with Crippen LogP contribution < -0.4 is 0 Å². The first-order valence-electron chi connectivity index (χ1n) is 5.89. The van der Waals surface area contributed by atoms with Crippen molar-refractivity contribution in [3.63, 3.8) is 0 Å². The van der Waals surface area contributed by atoms with Crippen LogP contribution in [0.1, 0.15) is 25.7 Å². The van der Waals surface area contributed by atoms with Crippen molar-refractivity contribution < 1.29 is 8.42 Å². The van der Waals surface area contributed by atoms with Crippen LogP contribution in [0.15, 0.2) is 16.3 Å². The highest BCUT2D eigenvalue weighted by Crippen LogP contribution is 2.32. The number of piperidine rings is 1. The Morgan fingerprint density at radius 2 is 2.17 bits per heavy atom. The molecule has 0 aliphatic carbocycles. The van der Waals surface area contributed by atoms with Crippen LogP contribution in [-0.4, -0.2) is 31.2 Å². The Hall–Kier alpha value is 0.190. The van der Waals surface area contributed by atoms with E-state index < -0.39 is 10.0 Å². The van der Waals surface area contributed by atoms with Crippen LogP contribution >= 0.6 is 34.5 Å². The summed E-state index contributed by atoms with van der Waals surface area (Å²) in [7, 11) is -3.40. The average molecular weight is 328 g/mol. The van der Waals surface area contributed by atoms with E-state index in [1.54, 1.807) is 16.4 Å². The number of hydrogen-bond acceptors (Lipinski definition) is 3. The van der Waals surface area contributed by atoms with E-state index in [4.69, 9.17) is 23.2 Å². The Bertz CT molecular complexity index is 499. The molecule has 102 valence electrons. The van der Waals surface area contributed by atoms with Crippen molar-refractivity contribution >= 4 is 44.6 Å². The number of sulfonamides is 1. The van der Waals surface area contributed by atoms with Crippen LogP contribution in [0.4, 0.5) is 0 Å². The molecule has 1 aromatic rings. The zero-order valence-corrected chi connectivity index (χ0v) is 13.0. The molecule has 2 heterocycles. The third-order valence-electron chi connectivity index (χ3n) is 3.13. The van der Waals surface area contributed by atoms with E-state index in [2.05, 4.69) is 0 Å². The third-order valence-corrected chi connectivity index (χ3v) is 7.00. The quantitative estimate of drug-likeness (QED) is 0.793. The molecule has 7 heteroatoms. The van der Waals surface area contributed by atoms with Crippen molar-refractivity contribution in [2.45, 2.75) is 35.9 Å². The molecule has 0 N–H and O–H groups in total. The van der Waals surface area contributed by atoms with Crippen molar-refractivity contribution in [2.75, 3.05) is 12.4 Å². The highest BCUT2D eigenvalue weighted by molar-refractivity contribution is 7.91. The third kappa shape index (κ3) is 3.02. The second-order valence-corrected chi connectivity index (χ2v) is 8.51. The molecule has 2 rings (SSSR count). The van der Waals surface area contributed by atoms with Gasteiger partial charge < -0.3 is 0 Å². The summed E-state index contributed by atoms with van der Waals surface area (Å²) in [5.74, 6) is 0.488. The van der Waals surface area contributed by atoms with Gasteiger partial charge in [0.25, 0.3) is 10.0 Å². The molecule has 1 fully saturated rings. The van der Waals surface area contributed by atoms with E-state index in [0.717, 1.165) is 30.6 Å². The van der Waals surface area contributed by atoms with Gasteiger partial charge in [0.05, 0.1) is 4.34 Å². The van der Waals surface area contributed by atoms with Gasteiger partial charge in [-0.05, 0) is 31.4 Å². The maximum atomic E-state index is 12.5. The number of alkyl halides is 1. The van der Waals surface area contributed by atoms with Crippen LogP contribution in [0.3, 0.4) is 0 Å². The molecule has 1 aromatic heterocycles. The van der Waals surface area contributed by atoms with Crippen molar-refractivity contribution in [1.82, 2.24) is 4.31 Å². The molecular weight excluding hydrogens is 313 g/mol. The molecule has 18 heavy (non-hydrogen) atoms. The summed E-state index contributed by atoms with van der Waals surface area (Å²) in [5.41, 5.74) is 0. The SMILES string of the molecule is O=S(=O)(c1ccc(Cl)s1)N1CCCCC1CCCl. The lowest BCUT2D eigenvalue weighted by atomic mass is 10.0. The van der Waals surface area contributed by atoms with E-state index >= 15 is 0 Å². The first kappa shape index (κ1) is 14.6. The minimum absolute atomic E-state index is 0.0297. The van der Waals surface area contributed by atoms with Crippen LogP contribution in [0, 0.1) is 0 Å². The van der Waals surface area contributed by atoms with Gasteiger partial charge in [0.1, 0.15) is 4.21 Å². The number of rotatable bonds is 4. The Balaban J connectivity index is 2.27. The topological polar surface area (TPSA) is 37.4 Å². The van der Waals surface area contributed by atoms with Gasteiger partial charge >= 0.3 is 0 Å². The summed E-state index contributed by atoms with van der Waals surface area (Å²) < 4.78 is 27.5. The molecule has 0 bridgehead atoms. The number of thiophene rings is 1. The first-order chi connectivity index (χ1) is 8.55. The summed E-state index contributed by atoms with van der Waals surface area (Å²) in [6, 6.07) is 3.23. The summed E-state index contributed by atoms with van der Waals surface area (Å²) in [4.78, 5) is 0. The molecule has 3 nitrogen and oxygen atoms in total. The van der Waals surface area contributed by atoms with Crippen LogP contribution in [-0.2, 0) is 10.0 Å². The molecule has 1 unspecified atom stereocenters. The monoisotopic (exact) mass is 327 g/mol. The lowest BCUT2D eigenvalue weighted by molar-refractivity contribution is 0.248. The van der Waals surface area contributed by atoms with E-state index in [1.165, 1.54) is 0 Å². The van der Waals surface area contributed by atoms with Crippen LogP contribution in [0.25, 0.3) is 0 Å². The lowest BCUT2D eigenvalue weighted by Gasteiger charge is -2.33. The zero-order chi connectivity index (χ0) is 13.2. The minimum atomic E-state index is -3.40. The first-order valence-corrected chi connectivity index (χ1v) is 9.06. The number of hydrogen-bond donors (Lipinski definition) is 0. The fourth-order valence-corrected chi connectivity index (χ4v) is 5.84. The van der Waals surface area contributed by atoms with Gasteiger partial charge in [0.2, 0.25) is 0 Å². The zero-order valence-electron chi connectivity index (χ0n) is 9.81. The average Bonchev–Trinajstić information content (AvgIpc) is 2.78. The second-order valence-electron chi connectivity index (χ2n) is 4.30. The fraction of sp³-hybridized carbons (Fsp3) is 0.636. The Kier molecular flexibility index (Phi) is 4.94. The molecule has 0 radical (unpaired) electrons. The van der Waals surface area contributed by atoms with Crippen molar-refractivity contribution in [2.24, 2.45) is 0 Å². The summed E-state index contributed by atoms with van der Waals surface area (Å²) in [6.45, 7) is 0.583. The van der Waals surface area contributed by atoms with Gasteiger partial charge in [0.15, 0.2) is 0 Å². The van der Waals surface area contributed by atoms with Gasteiger partial charge in [-0.2, -0.15) is 4.31 Å². The highest BCUT2D eigenvalue weighted by atomic mass is 35.5. The predicted octanol–water partition coefficient (Wildman–Crippen LogP) is 3.57. The summed E-state index contributed by atoms with van der Waals surface area (Å²) in [5, 5.41) is 0. The molecular formula is C11H15Cl2NO2S2. The van der Waals surface area contributed by atoms with E-state index in [-0.39, 0.29) is 6.04 Å². The molecule has 1 atom stereocenters. The maximum Gasteiger partial charge on any atom is 0.252 e. The molecule has 1 aliphatic rings. The summed E-state index contributed by atoms with van der Waals surface area (Å²) >= 11 is 12.7. The van der Waals surface area contributed by atoms with Crippen LogP contribution in [0.5, 0.6) is 0 Å². The second kappa shape index (κ2) is 6.09. The Morgan fingerprint density at radius 1 is 1.39 bits per heavy atom. The molecule has 0 saturated carbocycles. The molecule has 0 aromatic carbocycles. The highest BCUT2D eigenvalue weighted by Gasteiger charge is 2.33. The van der Waals surface area contributed by atoms with E-state index in [1.807, 2.05) is 0 Å². The Morgan fingerprint density at radius 3 is 2.78 bits per heavy atom. The smallest absolute Gasteiger partial charge is 0.206 e. The molecule has 1 saturated heterocycles. The Labute approximate surface area is 122 Å². The molecule has 0 spiro atoms. The van der Waals surface area contributed by atoms with E-state index in [0.29, 0.717) is 27.4 Å². The van der Waals surface area contributed by atoms with Crippen molar-refractivity contribution in [1.29, 1.82) is 0 Å². The normalized spacial score (nSPS) is 22.2. The predicted molar refractivity (Wildman–Crippen MR) is 76.2 cm³/mol. The van der Waals surface area contributed by atoms with Gasteiger partial charge in [-0.25, -0.2) is 8.42 Å². The van der Waals surface area contributed by atoms with Crippen LogP contribution in [0.2, 0.25) is 4.34 Å². The van der Waals surface area contributed by atoms with Gasteiger partial charge in [-0.3, -0.25) is 0 Å². The maximum absolute atomic E-state index is 12.5. The van der Waals surface area contributed by atoms with Gasteiger partial charge in [-0.1, -0.05) is 18.0 Å². The van der Waals surface area contributed by atoms with Gasteiger partial charge in [-0.15, -0.1) is 22.9 Å². The minimum Gasteiger partial charge on any atom is -0.206 e. The molecule has 0 amide bonds. The fourth-order valence-electron chi connectivity index (χ4n) is 2.26. The largest absolute Gasteiger partial charge is 0.252 e. The number of nitrogens with zero attached hydrogens (tertiary/aromatic N) is 1. The lowest BCUT2D eigenvalue weighted by Crippen LogP contribution is -2.43. The van der Waals surface area contributed by atoms with Crippen molar-refractivity contribution in [3.8, 4) is 0 Å². The summed E-state index contributed by atoms with van der Waals surface area (Å²) in [6.07, 6.45) is 3.58. The van der Waals surface area contributed by atoms with E-state index in [9.17, 15) is 8.42 Å².